The lowest BCUT2D eigenvalue weighted by molar-refractivity contribution is -0.130. The lowest BCUT2D eigenvalue weighted by Crippen LogP contribution is -2.42. The average molecular weight is 291 g/mol. The largest absolute Gasteiger partial charge is 0.478 e. The number of carbonyl (C=O) groups excluding carboxylic acids is 2. The van der Waals surface area contributed by atoms with E-state index in [9.17, 15) is 14.4 Å². The van der Waals surface area contributed by atoms with Crippen LogP contribution in [0.2, 0.25) is 0 Å². The summed E-state index contributed by atoms with van der Waals surface area (Å²) in [4.78, 5) is 40.4. The molecular formula is C14H17N3O4. The van der Waals surface area contributed by atoms with Crippen LogP contribution in [0.4, 0.5) is 0 Å². The minimum atomic E-state index is -1.23. The number of pyridine rings is 1. The number of nitrogens with one attached hydrogen (secondary N) is 1. The minimum Gasteiger partial charge on any atom is -0.478 e. The third kappa shape index (κ3) is 3.77. The summed E-state index contributed by atoms with van der Waals surface area (Å²) in [5.74, 6) is -2.04. The predicted octanol–water partition coefficient (Wildman–Crippen LogP) is 0.522. The summed E-state index contributed by atoms with van der Waals surface area (Å²) in [6, 6.07) is 2.75. The van der Waals surface area contributed by atoms with Crippen molar-refractivity contribution in [2.45, 2.75) is 19.3 Å². The Morgan fingerprint density at radius 3 is 2.62 bits per heavy atom. The van der Waals surface area contributed by atoms with Crippen molar-refractivity contribution >= 4 is 17.8 Å². The number of hydrogen-bond acceptors (Lipinski definition) is 4. The van der Waals surface area contributed by atoms with Gasteiger partial charge in [0.25, 0.3) is 5.91 Å². The van der Waals surface area contributed by atoms with E-state index in [1.165, 1.54) is 18.3 Å². The number of likely N-dealkylation sites (tertiary alicyclic amines) is 1. The first-order valence-electron chi connectivity index (χ1n) is 6.84. The van der Waals surface area contributed by atoms with Crippen molar-refractivity contribution in [1.82, 2.24) is 15.2 Å². The molecule has 1 aromatic heterocycles. The fourth-order valence-corrected chi connectivity index (χ4v) is 2.25. The maximum Gasteiger partial charge on any atom is 0.338 e. The highest BCUT2D eigenvalue weighted by atomic mass is 16.4. The number of nitrogens with zero attached hydrogens (tertiary/aromatic N) is 2. The van der Waals surface area contributed by atoms with E-state index in [1.807, 2.05) is 0 Å². The van der Waals surface area contributed by atoms with Gasteiger partial charge in [0.05, 0.1) is 12.1 Å². The monoisotopic (exact) mass is 291 g/mol. The van der Waals surface area contributed by atoms with Crippen LogP contribution in [-0.2, 0) is 4.79 Å². The van der Waals surface area contributed by atoms with Crippen molar-refractivity contribution in [1.29, 1.82) is 0 Å². The molecule has 7 heteroatoms. The summed E-state index contributed by atoms with van der Waals surface area (Å²) >= 11 is 0. The molecule has 0 aromatic carbocycles. The molecule has 1 aromatic rings. The summed E-state index contributed by atoms with van der Waals surface area (Å²) in [5.41, 5.74) is -0.364. The van der Waals surface area contributed by atoms with E-state index in [1.54, 1.807) is 4.90 Å². The van der Waals surface area contributed by atoms with Gasteiger partial charge in [-0.15, -0.1) is 0 Å². The molecule has 0 unspecified atom stereocenters. The van der Waals surface area contributed by atoms with E-state index in [0.717, 1.165) is 19.3 Å². The Morgan fingerprint density at radius 1 is 1.24 bits per heavy atom. The standard InChI is InChI=1S/C14H17N3O4/c18-11(17-7-2-1-3-8-17)9-16-13(19)12-10(14(20)21)5-4-6-15-12/h4-6H,1-3,7-9H2,(H,16,19)(H,20,21). The summed E-state index contributed by atoms with van der Waals surface area (Å²) in [6.45, 7) is 1.27. The maximum atomic E-state index is 11.9. The molecule has 0 spiro atoms. The number of carboxylic acid groups (broad SMARTS) is 1. The molecule has 2 heterocycles. The molecule has 2 amide bonds. The van der Waals surface area contributed by atoms with Gasteiger partial charge in [-0.1, -0.05) is 0 Å². The second-order valence-electron chi connectivity index (χ2n) is 4.83. The Bertz CT molecular complexity index is 553. The highest BCUT2D eigenvalue weighted by Gasteiger charge is 2.20. The fourth-order valence-electron chi connectivity index (χ4n) is 2.25. The number of amides is 2. The molecule has 1 fully saturated rings. The highest BCUT2D eigenvalue weighted by Crippen LogP contribution is 2.09. The van der Waals surface area contributed by atoms with Gasteiger partial charge in [0.1, 0.15) is 5.69 Å². The van der Waals surface area contributed by atoms with E-state index in [4.69, 9.17) is 5.11 Å². The predicted molar refractivity (Wildman–Crippen MR) is 74.0 cm³/mol. The molecule has 21 heavy (non-hydrogen) atoms. The van der Waals surface area contributed by atoms with Crippen LogP contribution in [0.25, 0.3) is 0 Å². The van der Waals surface area contributed by atoms with Crippen LogP contribution in [0.1, 0.15) is 40.1 Å². The SMILES string of the molecule is O=C(O)c1cccnc1C(=O)NCC(=O)N1CCCCC1. The van der Waals surface area contributed by atoms with Crippen molar-refractivity contribution in [3.05, 3.63) is 29.6 Å². The zero-order valence-corrected chi connectivity index (χ0v) is 11.5. The second kappa shape index (κ2) is 6.83. The fraction of sp³-hybridized carbons (Fsp3) is 0.429. The topological polar surface area (TPSA) is 99.6 Å². The molecule has 2 N–H and O–H groups in total. The zero-order chi connectivity index (χ0) is 15.2. The van der Waals surface area contributed by atoms with Gasteiger partial charge in [-0.3, -0.25) is 14.6 Å². The number of aromatic nitrogens is 1. The van der Waals surface area contributed by atoms with Gasteiger partial charge in [0.2, 0.25) is 5.91 Å². The Kier molecular flexibility index (Phi) is 4.86. The Morgan fingerprint density at radius 2 is 1.95 bits per heavy atom. The van der Waals surface area contributed by atoms with Crippen LogP contribution in [-0.4, -0.2) is 52.4 Å². The summed E-state index contributed by atoms with van der Waals surface area (Å²) in [5, 5.41) is 11.4. The van der Waals surface area contributed by atoms with Crippen molar-refractivity contribution in [3.8, 4) is 0 Å². The van der Waals surface area contributed by atoms with Gasteiger partial charge in [0, 0.05) is 19.3 Å². The Hall–Kier alpha value is -2.44. The van der Waals surface area contributed by atoms with Crippen molar-refractivity contribution in [2.75, 3.05) is 19.6 Å². The number of piperidine rings is 1. The quantitative estimate of drug-likeness (QED) is 0.842. The van der Waals surface area contributed by atoms with Gasteiger partial charge < -0.3 is 15.3 Å². The van der Waals surface area contributed by atoms with E-state index < -0.39 is 11.9 Å². The van der Waals surface area contributed by atoms with Crippen LogP contribution >= 0.6 is 0 Å². The molecule has 1 aliphatic heterocycles. The molecule has 1 saturated heterocycles. The van der Waals surface area contributed by atoms with Crippen LogP contribution < -0.4 is 5.32 Å². The average Bonchev–Trinajstić information content (AvgIpc) is 2.53. The van der Waals surface area contributed by atoms with Gasteiger partial charge in [-0.2, -0.15) is 0 Å². The van der Waals surface area contributed by atoms with Crippen molar-refractivity contribution < 1.29 is 19.5 Å². The minimum absolute atomic E-state index is 0.144. The van der Waals surface area contributed by atoms with E-state index >= 15 is 0 Å². The molecular weight excluding hydrogens is 274 g/mol. The molecule has 0 radical (unpaired) electrons. The van der Waals surface area contributed by atoms with Crippen LogP contribution in [0.3, 0.4) is 0 Å². The molecule has 2 rings (SSSR count). The van der Waals surface area contributed by atoms with E-state index in [2.05, 4.69) is 10.3 Å². The molecule has 1 aliphatic rings. The summed E-state index contributed by atoms with van der Waals surface area (Å²) in [6.07, 6.45) is 4.41. The molecule has 0 aliphatic carbocycles. The first kappa shape index (κ1) is 15.0. The molecule has 112 valence electrons. The van der Waals surface area contributed by atoms with Gasteiger partial charge in [-0.05, 0) is 31.4 Å². The van der Waals surface area contributed by atoms with Gasteiger partial charge >= 0.3 is 5.97 Å². The van der Waals surface area contributed by atoms with E-state index in [0.29, 0.717) is 13.1 Å². The second-order valence-corrected chi connectivity index (χ2v) is 4.83. The Balaban J connectivity index is 1.95. The number of rotatable bonds is 4. The third-order valence-corrected chi connectivity index (χ3v) is 3.36. The van der Waals surface area contributed by atoms with Crippen molar-refractivity contribution in [3.63, 3.8) is 0 Å². The smallest absolute Gasteiger partial charge is 0.338 e. The lowest BCUT2D eigenvalue weighted by atomic mass is 10.1. The Labute approximate surface area is 122 Å². The van der Waals surface area contributed by atoms with Gasteiger partial charge in [-0.25, -0.2) is 4.79 Å². The normalized spacial score (nSPS) is 14.6. The molecule has 0 atom stereocenters. The van der Waals surface area contributed by atoms with Crippen LogP contribution in [0.5, 0.6) is 0 Å². The lowest BCUT2D eigenvalue weighted by Gasteiger charge is -2.26. The van der Waals surface area contributed by atoms with Crippen LogP contribution in [0.15, 0.2) is 18.3 Å². The first-order valence-corrected chi connectivity index (χ1v) is 6.84. The van der Waals surface area contributed by atoms with E-state index in [-0.39, 0.29) is 23.7 Å². The summed E-state index contributed by atoms with van der Waals surface area (Å²) < 4.78 is 0. The third-order valence-electron chi connectivity index (χ3n) is 3.36. The number of carbonyl (C=O) groups is 3. The summed E-state index contributed by atoms with van der Waals surface area (Å²) in [7, 11) is 0. The zero-order valence-electron chi connectivity index (χ0n) is 11.5. The number of aromatic carboxylic acids is 1. The molecule has 0 saturated carbocycles. The van der Waals surface area contributed by atoms with Crippen LogP contribution in [0, 0.1) is 0 Å². The highest BCUT2D eigenvalue weighted by molar-refractivity contribution is 6.04. The maximum absolute atomic E-state index is 11.9. The number of hydrogen-bond donors (Lipinski definition) is 2. The molecule has 7 nitrogen and oxygen atoms in total. The first-order chi connectivity index (χ1) is 10.1. The van der Waals surface area contributed by atoms with Gasteiger partial charge in [0.15, 0.2) is 0 Å². The van der Waals surface area contributed by atoms with Crippen molar-refractivity contribution in [2.24, 2.45) is 0 Å². The number of carboxylic acids is 1. The molecule has 0 bridgehead atoms.